The van der Waals surface area contributed by atoms with Crippen molar-refractivity contribution in [3.05, 3.63) is 221 Å². The Hall–Kier alpha value is -6.45. The molecule has 62 heavy (non-hydrogen) atoms. The van der Waals surface area contributed by atoms with Gasteiger partial charge in [-0.15, -0.1) is 0 Å². The van der Waals surface area contributed by atoms with Crippen LogP contribution in [0, 0.1) is 5.92 Å². The molecule has 0 aliphatic rings. The predicted octanol–water partition coefficient (Wildman–Crippen LogP) is 14.6. The largest absolute Gasteiger partial charge is 0.256 e. The van der Waals surface area contributed by atoms with Gasteiger partial charge in [-0.1, -0.05) is 187 Å². The summed E-state index contributed by atoms with van der Waals surface area (Å²) in [5.74, 6) is 0.434. The van der Waals surface area contributed by atoms with Crippen LogP contribution in [0.3, 0.4) is 0 Å². The topological polar surface area (TPSA) is 38.7 Å². The number of benzene rings is 5. The van der Waals surface area contributed by atoms with Crippen LogP contribution >= 0.6 is 0 Å². The van der Waals surface area contributed by atoms with E-state index in [2.05, 4.69) is 108 Å². The summed E-state index contributed by atoms with van der Waals surface area (Å²) in [7, 11) is 0. The standard InChI is InChI=1S/C59H59N3/c1-42(2)31-43-17-16-24-50(35-43)54-36-57(49-22-14-9-15-23-49)60-39-51(54)26-25-44-32-45(37-58(3,4)52-27-29-55(61-40-52)47-18-10-7-11-19-47)34-46(33-44)38-59(5,6)53-28-30-56(62-41-53)48-20-12-8-13-21-48/h7-24,27-30,32-36,39-42H,25-26,31,37-38H2,1-6H3/i25D2,26D2. The van der Waals surface area contributed by atoms with Crippen molar-refractivity contribution in [2.75, 3.05) is 0 Å². The molecule has 3 heteroatoms. The Labute approximate surface area is 375 Å². The fourth-order valence-electron chi connectivity index (χ4n) is 8.45. The van der Waals surface area contributed by atoms with Gasteiger partial charge in [-0.2, -0.15) is 0 Å². The van der Waals surface area contributed by atoms with E-state index in [0.717, 1.165) is 67.9 Å². The highest BCUT2D eigenvalue weighted by atomic mass is 14.7. The molecule has 0 radical (unpaired) electrons. The molecule has 0 aliphatic heterocycles. The second kappa shape index (κ2) is 18.7. The maximum atomic E-state index is 9.96. The third-order valence-electron chi connectivity index (χ3n) is 11.8. The predicted molar refractivity (Wildman–Crippen MR) is 260 cm³/mol. The van der Waals surface area contributed by atoms with Gasteiger partial charge >= 0.3 is 0 Å². The average molecular weight is 814 g/mol. The van der Waals surface area contributed by atoms with Crippen molar-refractivity contribution in [3.63, 3.8) is 0 Å². The third kappa shape index (κ3) is 10.3. The molecule has 0 spiro atoms. The van der Waals surface area contributed by atoms with Crippen molar-refractivity contribution in [1.82, 2.24) is 15.0 Å². The smallest absolute Gasteiger partial charge is 0.0708 e. The molecule has 0 fully saturated rings. The molecule has 0 saturated carbocycles. The number of hydrogen-bond donors (Lipinski definition) is 0. The SMILES string of the molecule is [2H]C([2H])(c1cc(CC(C)(C)c2ccc(-c3ccccc3)nc2)cc(CC(C)(C)c2ccc(-c3ccccc3)nc2)c1)C([2H])([2H])c1cnc(-c2ccccc2)cc1-c1cccc(CC(C)C)c1. The molecule has 310 valence electrons. The van der Waals surface area contributed by atoms with Gasteiger partial charge in [-0.05, 0) is 117 Å². The molecule has 3 nitrogen and oxygen atoms in total. The monoisotopic (exact) mass is 813 g/mol. The lowest BCUT2D eigenvalue weighted by Gasteiger charge is -2.28. The molecule has 0 amide bonds. The molecule has 3 aromatic heterocycles. The highest BCUT2D eigenvalue weighted by molar-refractivity contribution is 5.73. The molecule has 0 saturated heterocycles. The summed E-state index contributed by atoms with van der Waals surface area (Å²) in [6.45, 7) is 13.1. The second-order valence-electron chi connectivity index (χ2n) is 18.3. The van der Waals surface area contributed by atoms with Gasteiger partial charge in [0.2, 0.25) is 0 Å². The normalized spacial score (nSPS) is 13.3. The lowest BCUT2D eigenvalue weighted by Crippen LogP contribution is -2.23. The Morgan fingerprint density at radius 3 is 1.39 bits per heavy atom. The molecule has 0 bridgehead atoms. The zero-order valence-electron chi connectivity index (χ0n) is 40.9. The van der Waals surface area contributed by atoms with Crippen LogP contribution in [-0.4, -0.2) is 15.0 Å². The summed E-state index contributed by atoms with van der Waals surface area (Å²) >= 11 is 0. The first-order chi connectivity index (χ1) is 31.5. The Morgan fingerprint density at radius 2 is 0.903 bits per heavy atom. The number of hydrogen-bond acceptors (Lipinski definition) is 3. The zero-order valence-corrected chi connectivity index (χ0v) is 36.9. The summed E-state index contributed by atoms with van der Waals surface area (Å²) < 4.78 is 39.8. The van der Waals surface area contributed by atoms with E-state index in [4.69, 9.17) is 15.0 Å². The van der Waals surface area contributed by atoms with E-state index in [0.29, 0.717) is 30.0 Å². The molecule has 5 aromatic carbocycles. The van der Waals surface area contributed by atoms with Gasteiger partial charge in [0, 0.05) is 40.8 Å². The Bertz CT molecular complexity index is 2780. The number of aryl methyl sites for hydroxylation is 2. The van der Waals surface area contributed by atoms with Crippen LogP contribution in [0.5, 0.6) is 0 Å². The van der Waals surface area contributed by atoms with Crippen LogP contribution in [0.15, 0.2) is 182 Å². The van der Waals surface area contributed by atoms with Crippen molar-refractivity contribution in [1.29, 1.82) is 0 Å². The minimum absolute atomic E-state index is 0.204. The van der Waals surface area contributed by atoms with E-state index < -0.39 is 12.7 Å². The Kier molecular flexibility index (Phi) is 11.2. The van der Waals surface area contributed by atoms with E-state index in [9.17, 15) is 5.48 Å². The number of nitrogens with zero attached hydrogens (tertiary/aromatic N) is 3. The maximum absolute atomic E-state index is 9.96. The first kappa shape index (κ1) is 37.3. The van der Waals surface area contributed by atoms with Crippen LogP contribution in [0.1, 0.15) is 86.0 Å². The molecule has 0 N–H and O–H groups in total. The van der Waals surface area contributed by atoms with Gasteiger partial charge in [0.15, 0.2) is 0 Å². The minimum atomic E-state index is -2.51. The number of rotatable bonds is 15. The molecule has 8 rings (SSSR count). The average Bonchev–Trinajstić information content (AvgIpc) is 3.31. The second-order valence-corrected chi connectivity index (χ2v) is 18.3. The summed E-state index contributed by atoms with van der Waals surface area (Å²) in [5.41, 5.74) is 11.8. The van der Waals surface area contributed by atoms with Crippen molar-refractivity contribution in [2.24, 2.45) is 5.92 Å². The summed E-state index contributed by atoms with van der Waals surface area (Å²) in [6.07, 6.45) is 2.49. The van der Waals surface area contributed by atoms with Gasteiger partial charge in [0.1, 0.15) is 0 Å². The summed E-state index contributed by atoms with van der Waals surface area (Å²) in [4.78, 5) is 14.5. The number of pyridine rings is 3. The molecule has 8 aromatic rings. The summed E-state index contributed by atoms with van der Waals surface area (Å²) in [6, 6.07) is 54.7. The van der Waals surface area contributed by atoms with Gasteiger partial charge in [-0.3, -0.25) is 15.0 Å². The quantitative estimate of drug-likeness (QED) is 0.103. The van der Waals surface area contributed by atoms with Crippen LogP contribution in [0.25, 0.3) is 44.9 Å². The van der Waals surface area contributed by atoms with Gasteiger partial charge in [0.25, 0.3) is 0 Å². The first-order valence-corrected chi connectivity index (χ1v) is 21.8. The van der Waals surface area contributed by atoms with Crippen LogP contribution in [-0.2, 0) is 42.8 Å². The lowest BCUT2D eigenvalue weighted by atomic mass is 9.77. The minimum Gasteiger partial charge on any atom is -0.256 e. The Balaban J connectivity index is 1.21. The van der Waals surface area contributed by atoms with E-state index in [1.54, 1.807) is 6.20 Å². The fraction of sp³-hybridized carbons (Fsp3) is 0.237. The van der Waals surface area contributed by atoms with E-state index in [-0.39, 0.29) is 22.0 Å². The van der Waals surface area contributed by atoms with Gasteiger partial charge in [-0.25, -0.2) is 0 Å². The van der Waals surface area contributed by atoms with Crippen LogP contribution < -0.4 is 0 Å². The van der Waals surface area contributed by atoms with Crippen molar-refractivity contribution >= 4 is 0 Å². The molecule has 0 atom stereocenters. The van der Waals surface area contributed by atoms with E-state index >= 15 is 0 Å². The lowest BCUT2D eigenvalue weighted by molar-refractivity contribution is 0.512. The van der Waals surface area contributed by atoms with Crippen molar-refractivity contribution < 1.29 is 5.48 Å². The highest BCUT2D eigenvalue weighted by Gasteiger charge is 2.25. The van der Waals surface area contributed by atoms with E-state index in [1.807, 2.05) is 109 Å². The third-order valence-corrected chi connectivity index (χ3v) is 11.8. The highest BCUT2D eigenvalue weighted by Crippen LogP contribution is 2.35. The van der Waals surface area contributed by atoms with Crippen LogP contribution in [0.4, 0.5) is 0 Å². The van der Waals surface area contributed by atoms with E-state index in [1.165, 1.54) is 0 Å². The first-order valence-electron chi connectivity index (χ1n) is 23.8. The van der Waals surface area contributed by atoms with Gasteiger partial charge in [0.05, 0.1) is 17.1 Å². The Morgan fingerprint density at radius 1 is 0.435 bits per heavy atom. The van der Waals surface area contributed by atoms with Crippen molar-refractivity contribution in [3.8, 4) is 44.9 Å². The summed E-state index contributed by atoms with van der Waals surface area (Å²) in [5, 5.41) is 0. The molecule has 3 heterocycles. The number of aromatic nitrogens is 3. The maximum Gasteiger partial charge on any atom is 0.0708 e. The molecule has 0 aliphatic carbocycles. The molecular formula is C59H59N3. The fourth-order valence-corrected chi connectivity index (χ4v) is 8.45. The molecular weight excluding hydrogens is 751 g/mol. The molecule has 0 unspecified atom stereocenters. The zero-order chi connectivity index (χ0) is 46.7. The van der Waals surface area contributed by atoms with Gasteiger partial charge < -0.3 is 0 Å². The van der Waals surface area contributed by atoms with Crippen molar-refractivity contribution in [2.45, 2.75) is 84.4 Å². The van der Waals surface area contributed by atoms with Crippen LogP contribution in [0.2, 0.25) is 0 Å².